The van der Waals surface area contributed by atoms with Gasteiger partial charge in [0.15, 0.2) is 5.25 Å². The van der Waals surface area contributed by atoms with Gasteiger partial charge in [-0.1, -0.05) is 6.92 Å². The van der Waals surface area contributed by atoms with Gasteiger partial charge in [0.25, 0.3) is 0 Å². The van der Waals surface area contributed by atoms with Crippen molar-refractivity contribution in [1.82, 2.24) is 4.31 Å². The van der Waals surface area contributed by atoms with E-state index >= 15 is 0 Å². The van der Waals surface area contributed by atoms with Crippen molar-refractivity contribution in [1.29, 1.82) is 0 Å². The molecule has 0 radical (unpaired) electrons. The molecule has 0 spiro atoms. The summed E-state index contributed by atoms with van der Waals surface area (Å²) >= 11 is 0. The minimum atomic E-state index is -3.74. The summed E-state index contributed by atoms with van der Waals surface area (Å²) in [4.78, 5) is 21.9. The normalized spacial score (nSPS) is 20.8. The summed E-state index contributed by atoms with van der Waals surface area (Å²) in [5.41, 5.74) is 0. The van der Waals surface area contributed by atoms with Gasteiger partial charge in [0.1, 0.15) is 0 Å². The highest BCUT2D eigenvalue weighted by molar-refractivity contribution is 7.90. The number of rotatable bonds is 5. The zero-order valence-corrected chi connectivity index (χ0v) is 11.3. The van der Waals surface area contributed by atoms with Crippen molar-refractivity contribution in [2.45, 2.75) is 19.1 Å². The van der Waals surface area contributed by atoms with Crippen LogP contribution in [0.2, 0.25) is 0 Å². The Hall–Kier alpha value is -1.15. The van der Waals surface area contributed by atoms with Crippen LogP contribution in [0.1, 0.15) is 13.8 Å². The monoisotopic (exact) mass is 279 g/mol. The molecule has 0 amide bonds. The van der Waals surface area contributed by atoms with Crippen LogP contribution in [0, 0.1) is 11.8 Å². The van der Waals surface area contributed by atoms with E-state index in [0.717, 1.165) is 11.4 Å². The van der Waals surface area contributed by atoms with E-state index in [9.17, 15) is 18.0 Å². The summed E-state index contributed by atoms with van der Waals surface area (Å²) in [6.45, 7) is 3.07. The van der Waals surface area contributed by atoms with Crippen molar-refractivity contribution in [3.63, 3.8) is 0 Å². The van der Waals surface area contributed by atoms with Crippen LogP contribution in [-0.2, 0) is 24.3 Å². The minimum Gasteiger partial charge on any atom is -0.481 e. The number of aliphatic carboxylic acids is 1. The summed E-state index contributed by atoms with van der Waals surface area (Å²) in [7, 11) is -2.62. The molecule has 1 aliphatic rings. The van der Waals surface area contributed by atoms with Gasteiger partial charge in [-0.2, -0.15) is 0 Å². The quantitative estimate of drug-likeness (QED) is 0.683. The highest BCUT2D eigenvalue weighted by atomic mass is 32.2. The van der Waals surface area contributed by atoms with Crippen molar-refractivity contribution >= 4 is 22.0 Å². The molecule has 1 saturated heterocycles. The van der Waals surface area contributed by atoms with Crippen LogP contribution in [0.3, 0.4) is 0 Å². The molecule has 1 aliphatic heterocycles. The Bertz CT molecular complexity index is 439. The van der Waals surface area contributed by atoms with Crippen molar-refractivity contribution in [3.8, 4) is 0 Å². The molecule has 1 rings (SSSR count). The average Bonchev–Trinajstić information content (AvgIpc) is 2.24. The summed E-state index contributed by atoms with van der Waals surface area (Å²) in [5.74, 6) is -2.56. The standard InChI is InChI=1S/C10H17NO6S/c1-6(9(12)13)8-4-11(5-8)18(15,16)7(2)10(14)17-3/h6-8H,4-5H2,1-3H3,(H,12,13). The molecule has 7 nitrogen and oxygen atoms in total. The first-order valence-corrected chi connectivity index (χ1v) is 7.01. The number of sulfonamides is 1. The lowest BCUT2D eigenvalue weighted by Gasteiger charge is -2.40. The van der Waals surface area contributed by atoms with E-state index < -0.39 is 33.1 Å². The number of hydrogen-bond acceptors (Lipinski definition) is 5. The molecule has 8 heteroatoms. The smallest absolute Gasteiger partial charge is 0.325 e. The largest absolute Gasteiger partial charge is 0.481 e. The fourth-order valence-corrected chi connectivity index (χ4v) is 3.29. The predicted molar refractivity (Wildman–Crippen MR) is 62.3 cm³/mol. The topological polar surface area (TPSA) is 101 Å². The number of hydrogen-bond donors (Lipinski definition) is 1. The fraction of sp³-hybridized carbons (Fsp3) is 0.800. The Morgan fingerprint density at radius 1 is 1.33 bits per heavy atom. The minimum absolute atomic E-state index is 0.136. The van der Waals surface area contributed by atoms with E-state index in [1.807, 2.05) is 0 Å². The van der Waals surface area contributed by atoms with Crippen LogP contribution < -0.4 is 0 Å². The number of methoxy groups -OCH3 is 1. The molecule has 0 bridgehead atoms. The van der Waals surface area contributed by atoms with Gasteiger partial charge >= 0.3 is 11.9 Å². The van der Waals surface area contributed by atoms with Gasteiger partial charge < -0.3 is 9.84 Å². The molecule has 1 fully saturated rings. The second kappa shape index (κ2) is 5.23. The molecule has 2 atom stereocenters. The number of carboxylic acids is 1. The maximum absolute atomic E-state index is 11.9. The van der Waals surface area contributed by atoms with Crippen LogP contribution in [0.25, 0.3) is 0 Å². The second-order valence-corrected chi connectivity index (χ2v) is 6.67. The second-order valence-electron chi connectivity index (χ2n) is 4.41. The van der Waals surface area contributed by atoms with Crippen molar-refractivity contribution in [2.24, 2.45) is 11.8 Å². The molecule has 0 aromatic rings. The molecule has 104 valence electrons. The summed E-state index contributed by atoms with van der Waals surface area (Å²) in [6.07, 6.45) is 0. The zero-order valence-electron chi connectivity index (χ0n) is 10.5. The Balaban J connectivity index is 2.65. The first-order valence-electron chi connectivity index (χ1n) is 5.51. The average molecular weight is 279 g/mol. The third-order valence-electron chi connectivity index (χ3n) is 3.31. The van der Waals surface area contributed by atoms with Gasteiger partial charge in [0.2, 0.25) is 10.0 Å². The van der Waals surface area contributed by atoms with Crippen LogP contribution >= 0.6 is 0 Å². The Morgan fingerprint density at radius 3 is 2.22 bits per heavy atom. The Morgan fingerprint density at radius 2 is 1.83 bits per heavy atom. The number of carboxylic acid groups (broad SMARTS) is 1. The number of carbonyl (C=O) groups excluding carboxylic acids is 1. The van der Waals surface area contributed by atoms with Crippen molar-refractivity contribution < 1.29 is 27.9 Å². The first kappa shape index (κ1) is 14.9. The number of nitrogens with zero attached hydrogens (tertiary/aromatic N) is 1. The van der Waals surface area contributed by atoms with E-state index in [-0.39, 0.29) is 19.0 Å². The van der Waals surface area contributed by atoms with Crippen molar-refractivity contribution in [3.05, 3.63) is 0 Å². The van der Waals surface area contributed by atoms with Gasteiger partial charge in [0.05, 0.1) is 13.0 Å². The van der Waals surface area contributed by atoms with E-state index in [0.29, 0.717) is 0 Å². The predicted octanol–water partition coefficient (Wildman–Crippen LogP) is -0.470. The van der Waals surface area contributed by atoms with Crippen molar-refractivity contribution in [2.75, 3.05) is 20.2 Å². The van der Waals surface area contributed by atoms with Crippen LogP contribution in [0.4, 0.5) is 0 Å². The molecular formula is C10H17NO6S. The summed E-state index contributed by atoms with van der Waals surface area (Å²) < 4.78 is 29.4. The van der Waals surface area contributed by atoms with Crippen LogP contribution in [-0.4, -0.2) is 55.2 Å². The highest BCUT2D eigenvalue weighted by Gasteiger charge is 2.44. The SMILES string of the molecule is COC(=O)C(C)S(=O)(=O)N1CC(C(C)C(=O)O)C1. The maximum atomic E-state index is 11.9. The Labute approximate surface area is 106 Å². The van der Waals surface area contributed by atoms with E-state index in [2.05, 4.69) is 4.74 Å². The van der Waals surface area contributed by atoms with E-state index in [4.69, 9.17) is 5.11 Å². The molecule has 1 N–H and O–H groups in total. The zero-order chi connectivity index (χ0) is 14.1. The van der Waals surface area contributed by atoms with Crippen LogP contribution in [0.5, 0.6) is 0 Å². The van der Waals surface area contributed by atoms with Crippen LogP contribution in [0.15, 0.2) is 0 Å². The van der Waals surface area contributed by atoms with Gasteiger partial charge in [-0.25, -0.2) is 12.7 Å². The summed E-state index contributed by atoms with van der Waals surface area (Å²) in [6, 6.07) is 0. The molecule has 0 aromatic heterocycles. The fourth-order valence-electron chi connectivity index (χ4n) is 1.71. The van der Waals surface area contributed by atoms with Gasteiger partial charge in [-0.05, 0) is 12.8 Å². The van der Waals surface area contributed by atoms with E-state index in [1.54, 1.807) is 6.92 Å². The lowest BCUT2D eigenvalue weighted by molar-refractivity contribution is -0.145. The lowest BCUT2D eigenvalue weighted by atomic mass is 9.89. The Kier molecular flexibility index (Phi) is 4.33. The molecule has 0 saturated carbocycles. The third kappa shape index (κ3) is 2.64. The molecule has 0 aliphatic carbocycles. The highest BCUT2D eigenvalue weighted by Crippen LogP contribution is 2.28. The first-order chi connectivity index (χ1) is 8.21. The van der Waals surface area contributed by atoms with Gasteiger partial charge in [-0.3, -0.25) is 9.59 Å². The third-order valence-corrected chi connectivity index (χ3v) is 5.42. The van der Waals surface area contributed by atoms with E-state index in [1.165, 1.54) is 6.92 Å². The van der Waals surface area contributed by atoms with Gasteiger partial charge in [0, 0.05) is 13.1 Å². The van der Waals surface area contributed by atoms with Gasteiger partial charge in [-0.15, -0.1) is 0 Å². The number of carbonyl (C=O) groups is 2. The number of esters is 1. The molecule has 18 heavy (non-hydrogen) atoms. The maximum Gasteiger partial charge on any atom is 0.325 e. The lowest BCUT2D eigenvalue weighted by Crippen LogP contribution is -2.56. The number of ether oxygens (including phenoxy) is 1. The molecule has 0 aromatic carbocycles. The molecule has 2 unspecified atom stereocenters. The summed E-state index contributed by atoms with van der Waals surface area (Å²) in [5, 5.41) is 7.54. The molecular weight excluding hydrogens is 262 g/mol. The molecule has 1 heterocycles.